The van der Waals surface area contributed by atoms with Gasteiger partial charge >= 0.3 is 6.03 Å². The molecule has 1 heterocycles. The van der Waals surface area contributed by atoms with Gasteiger partial charge in [-0.15, -0.1) is 0 Å². The molecule has 2 aromatic rings. The third-order valence-corrected chi connectivity index (χ3v) is 4.92. The van der Waals surface area contributed by atoms with Crippen LogP contribution in [0.3, 0.4) is 0 Å². The van der Waals surface area contributed by atoms with E-state index in [2.05, 4.69) is 31.0 Å². The Bertz CT molecular complexity index is 822. The molecule has 1 atom stereocenters. The molecule has 1 aliphatic rings. The van der Waals surface area contributed by atoms with E-state index in [-0.39, 0.29) is 12.1 Å². The van der Waals surface area contributed by atoms with Crippen LogP contribution in [0.1, 0.15) is 44.4 Å². The number of nitrogens with zero attached hydrogens (tertiary/aromatic N) is 1. The molecule has 2 aromatic carbocycles. The number of para-hydroxylation sites is 1. The Labute approximate surface area is 150 Å². The molecular formula is C22H26N2O. The number of hydrogen-bond acceptors (Lipinski definition) is 1. The number of rotatable bonds is 3. The second-order valence-electron chi connectivity index (χ2n) is 7.47. The van der Waals surface area contributed by atoms with Crippen LogP contribution in [0.2, 0.25) is 0 Å². The lowest BCUT2D eigenvalue weighted by molar-refractivity contribution is 0.234. The standard InChI is InChI=1S/C22H26N2O/c1-15(2)17-10-8-11-19(14-17)22(4,5)23-21(25)24-16(3)13-18-9-6-7-12-20(18)24/h6-12,14,16H,1,13H2,2-5H3,(H,23,25)/t16-/m0/s1. The topological polar surface area (TPSA) is 32.3 Å². The van der Waals surface area contributed by atoms with Crippen LogP contribution in [0.15, 0.2) is 55.1 Å². The molecule has 2 amide bonds. The largest absolute Gasteiger partial charge is 0.329 e. The second kappa shape index (κ2) is 6.40. The third-order valence-electron chi connectivity index (χ3n) is 4.92. The van der Waals surface area contributed by atoms with Crippen molar-refractivity contribution in [2.75, 3.05) is 4.90 Å². The minimum absolute atomic E-state index is 0.0526. The van der Waals surface area contributed by atoms with Gasteiger partial charge in [0.25, 0.3) is 0 Å². The quantitative estimate of drug-likeness (QED) is 0.830. The zero-order valence-corrected chi connectivity index (χ0v) is 15.5. The summed E-state index contributed by atoms with van der Waals surface area (Å²) >= 11 is 0. The van der Waals surface area contributed by atoms with Crippen LogP contribution in [0.5, 0.6) is 0 Å². The van der Waals surface area contributed by atoms with E-state index in [0.717, 1.165) is 28.8 Å². The first kappa shape index (κ1) is 17.3. The van der Waals surface area contributed by atoms with E-state index in [9.17, 15) is 4.79 Å². The molecule has 0 fully saturated rings. The molecule has 0 spiro atoms. The van der Waals surface area contributed by atoms with Crippen LogP contribution in [0.25, 0.3) is 5.57 Å². The number of allylic oxidation sites excluding steroid dienone is 1. The maximum absolute atomic E-state index is 13.0. The van der Waals surface area contributed by atoms with Gasteiger partial charge in [-0.2, -0.15) is 0 Å². The zero-order chi connectivity index (χ0) is 18.2. The monoisotopic (exact) mass is 334 g/mol. The van der Waals surface area contributed by atoms with E-state index in [1.54, 1.807) is 0 Å². The van der Waals surface area contributed by atoms with Gasteiger partial charge in [-0.3, -0.25) is 4.90 Å². The minimum atomic E-state index is -0.472. The number of anilines is 1. The van der Waals surface area contributed by atoms with Crippen molar-refractivity contribution in [3.8, 4) is 0 Å². The summed E-state index contributed by atoms with van der Waals surface area (Å²) in [4.78, 5) is 14.9. The van der Waals surface area contributed by atoms with Crippen molar-refractivity contribution in [3.05, 3.63) is 71.8 Å². The van der Waals surface area contributed by atoms with Crippen molar-refractivity contribution < 1.29 is 4.79 Å². The van der Waals surface area contributed by atoms with Crippen LogP contribution >= 0.6 is 0 Å². The van der Waals surface area contributed by atoms with Crippen molar-refractivity contribution in [2.45, 2.75) is 45.7 Å². The van der Waals surface area contributed by atoms with Crippen LogP contribution < -0.4 is 10.2 Å². The smallest absolute Gasteiger partial charge is 0.322 e. The first-order valence-corrected chi connectivity index (χ1v) is 8.75. The summed E-state index contributed by atoms with van der Waals surface area (Å²) in [5.41, 5.74) is 4.96. The number of benzene rings is 2. The maximum atomic E-state index is 13.0. The summed E-state index contributed by atoms with van der Waals surface area (Å²) in [6.07, 6.45) is 0.898. The molecule has 1 N–H and O–H groups in total. The normalized spacial score (nSPS) is 16.5. The summed E-state index contributed by atoms with van der Waals surface area (Å²) in [5, 5.41) is 3.21. The molecule has 0 aliphatic carbocycles. The molecule has 25 heavy (non-hydrogen) atoms. The lowest BCUT2D eigenvalue weighted by Crippen LogP contribution is -2.50. The number of nitrogens with one attached hydrogen (secondary N) is 1. The Morgan fingerprint density at radius 2 is 1.92 bits per heavy atom. The van der Waals surface area contributed by atoms with Gasteiger partial charge in [0.1, 0.15) is 0 Å². The molecule has 1 aliphatic heterocycles. The molecule has 0 radical (unpaired) electrons. The van der Waals surface area contributed by atoms with Crippen LogP contribution in [0, 0.1) is 0 Å². The first-order chi connectivity index (χ1) is 11.8. The number of urea groups is 1. The maximum Gasteiger partial charge on any atom is 0.322 e. The molecule has 0 unspecified atom stereocenters. The van der Waals surface area contributed by atoms with E-state index in [1.165, 1.54) is 5.56 Å². The van der Waals surface area contributed by atoms with Crippen LogP contribution in [-0.2, 0) is 12.0 Å². The van der Waals surface area contributed by atoms with Crippen molar-refractivity contribution in [1.82, 2.24) is 5.32 Å². The average molecular weight is 334 g/mol. The number of amides is 2. The average Bonchev–Trinajstić information content (AvgIpc) is 2.90. The molecule has 3 rings (SSSR count). The van der Waals surface area contributed by atoms with E-state index < -0.39 is 5.54 Å². The Morgan fingerprint density at radius 1 is 1.20 bits per heavy atom. The van der Waals surface area contributed by atoms with E-state index in [4.69, 9.17) is 0 Å². The van der Waals surface area contributed by atoms with Crippen molar-refractivity contribution >= 4 is 17.3 Å². The Kier molecular flexibility index (Phi) is 4.42. The molecule has 0 bridgehead atoms. The SMILES string of the molecule is C=C(C)c1cccc(C(C)(C)NC(=O)N2c3ccccc3C[C@@H]2C)c1. The van der Waals surface area contributed by atoms with Crippen LogP contribution in [0.4, 0.5) is 10.5 Å². The second-order valence-corrected chi connectivity index (χ2v) is 7.47. The van der Waals surface area contributed by atoms with Gasteiger partial charge in [0.05, 0.1) is 5.54 Å². The summed E-state index contributed by atoms with van der Waals surface area (Å²) in [5.74, 6) is 0. The summed E-state index contributed by atoms with van der Waals surface area (Å²) in [7, 11) is 0. The summed E-state index contributed by atoms with van der Waals surface area (Å²) in [6.45, 7) is 12.2. The fraction of sp³-hybridized carbons (Fsp3) is 0.318. The molecule has 3 nitrogen and oxygen atoms in total. The Hall–Kier alpha value is -2.55. The molecule has 3 heteroatoms. The van der Waals surface area contributed by atoms with Gasteiger partial charge in [-0.05, 0) is 62.9 Å². The van der Waals surface area contributed by atoms with Crippen LogP contribution in [-0.4, -0.2) is 12.1 Å². The van der Waals surface area contributed by atoms with Gasteiger partial charge in [0, 0.05) is 11.7 Å². The number of carbonyl (C=O) groups excluding carboxylic acids is 1. The van der Waals surface area contributed by atoms with Gasteiger partial charge in [-0.1, -0.05) is 48.6 Å². The lowest BCUT2D eigenvalue weighted by atomic mass is 9.92. The number of fused-ring (bicyclic) bond motifs is 1. The molecule has 0 saturated carbocycles. The van der Waals surface area contributed by atoms with Gasteiger partial charge < -0.3 is 5.32 Å². The zero-order valence-electron chi connectivity index (χ0n) is 15.5. The number of carbonyl (C=O) groups is 1. The highest BCUT2D eigenvalue weighted by Gasteiger charge is 2.33. The molecular weight excluding hydrogens is 308 g/mol. The predicted octanol–water partition coefficient (Wildman–Crippen LogP) is 5.12. The summed E-state index contributed by atoms with van der Waals surface area (Å²) in [6, 6.07) is 16.5. The van der Waals surface area contributed by atoms with E-state index >= 15 is 0 Å². The van der Waals surface area contributed by atoms with E-state index in [1.807, 2.05) is 62.1 Å². The van der Waals surface area contributed by atoms with Crippen molar-refractivity contribution in [2.24, 2.45) is 0 Å². The minimum Gasteiger partial charge on any atom is -0.329 e. The highest BCUT2D eigenvalue weighted by atomic mass is 16.2. The summed E-state index contributed by atoms with van der Waals surface area (Å²) < 4.78 is 0. The Morgan fingerprint density at radius 3 is 2.64 bits per heavy atom. The van der Waals surface area contributed by atoms with Crippen molar-refractivity contribution in [3.63, 3.8) is 0 Å². The van der Waals surface area contributed by atoms with Gasteiger partial charge in [-0.25, -0.2) is 4.79 Å². The highest BCUT2D eigenvalue weighted by Crippen LogP contribution is 2.32. The third kappa shape index (κ3) is 3.32. The predicted molar refractivity (Wildman–Crippen MR) is 105 cm³/mol. The first-order valence-electron chi connectivity index (χ1n) is 8.75. The number of hydrogen-bond donors (Lipinski definition) is 1. The fourth-order valence-corrected chi connectivity index (χ4v) is 3.45. The fourth-order valence-electron chi connectivity index (χ4n) is 3.45. The molecule has 0 saturated heterocycles. The van der Waals surface area contributed by atoms with Gasteiger partial charge in [0.2, 0.25) is 0 Å². The molecule has 130 valence electrons. The lowest BCUT2D eigenvalue weighted by Gasteiger charge is -2.32. The van der Waals surface area contributed by atoms with E-state index in [0.29, 0.717) is 0 Å². The Balaban J connectivity index is 1.85. The highest BCUT2D eigenvalue weighted by molar-refractivity contribution is 5.95. The van der Waals surface area contributed by atoms with Gasteiger partial charge in [0.15, 0.2) is 0 Å². The van der Waals surface area contributed by atoms with Crippen molar-refractivity contribution in [1.29, 1.82) is 0 Å². The molecule has 0 aromatic heterocycles.